The Balaban J connectivity index is 1.45. The third-order valence-electron chi connectivity index (χ3n) is 6.05. The standard InChI is InChI=1S/C25H25N7O4/c1-15(33)31-11-12-36-20(14-31)22-19-8-10-28-24(26)23(19)32(30-22)17-5-3-16(4-6-17)25(34)29-21-13-18(35-2)7-9-27-21/h3-10,13,20H,11-12,14H2,1-2H3,(H2,26,28)(H,27,29,34)/t20-/m1/s1. The maximum Gasteiger partial charge on any atom is 0.256 e. The van der Waals surface area contributed by atoms with Crippen LogP contribution in [-0.2, 0) is 9.53 Å². The predicted molar refractivity (Wildman–Crippen MR) is 133 cm³/mol. The number of amides is 2. The van der Waals surface area contributed by atoms with Gasteiger partial charge in [-0.05, 0) is 36.4 Å². The molecular weight excluding hydrogens is 462 g/mol. The molecule has 5 rings (SSSR count). The van der Waals surface area contributed by atoms with Gasteiger partial charge >= 0.3 is 0 Å². The fraction of sp³-hybridized carbons (Fsp3) is 0.240. The summed E-state index contributed by atoms with van der Waals surface area (Å²) in [6.07, 6.45) is 2.79. The zero-order chi connectivity index (χ0) is 25.2. The van der Waals surface area contributed by atoms with Gasteiger partial charge in [-0.15, -0.1) is 0 Å². The van der Waals surface area contributed by atoms with E-state index in [0.29, 0.717) is 59.5 Å². The molecule has 1 atom stereocenters. The van der Waals surface area contributed by atoms with Crippen LogP contribution >= 0.6 is 0 Å². The van der Waals surface area contributed by atoms with Crippen molar-refractivity contribution >= 4 is 34.4 Å². The minimum atomic E-state index is -0.395. The van der Waals surface area contributed by atoms with E-state index in [0.717, 1.165) is 5.39 Å². The monoisotopic (exact) mass is 487 g/mol. The summed E-state index contributed by atoms with van der Waals surface area (Å²) in [5, 5.41) is 8.36. The number of fused-ring (bicyclic) bond motifs is 1. The molecule has 1 aromatic carbocycles. The molecule has 1 aliphatic rings. The number of aromatic nitrogens is 4. The van der Waals surface area contributed by atoms with Gasteiger partial charge in [-0.2, -0.15) is 5.10 Å². The molecule has 1 saturated heterocycles. The van der Waals surface area contributed by atoms with Crippen molar-refractivity contribution in [1.29, 1.82) is 0 Å². The molecule has 0 aliphatic carbocycles. The van der Waals surface area contributed by atoms with Crippen molar-refractivity contribution < 1.29 is 19.1 Å². The van der Waals surface area contributed by atoms with Crippen LogP contribution < -0.4 is 15.8 Å². The lowest BCUT2D eigenvalue weighted by molar-refractivity contribution is -0.136. The van der Waals surface area contributed by atoms with Crippen LogP contribution in [0.4, 0.5) is 11.6 Å². The number of rotatable bonds is 5. The highest BCUT2D eigenvalue weighted by Crippen LogP contribution is 2.32. The molecule has 0 radical (unpaired) electrons. The first-order valence-corrected chi connectivity index (χ1v) is 11.4. The SMILES string of the molecule is COc1ccnc(NC(=O)c2ccc(-n3nc([C@H]4CN(C(C)=O)CCO4)c4ccnc(N)c43)cc2)c1. The lowest BCUT2D eigenvalue weighted by Gasteiger charge is -2.31. The molecule has 0 unspecified atom stereocenters. The van der Waals surface area contributed by atoms with Crippen LogP contribution in [0, 0.1) is 0 Å². The molecule has 0 bridgehead atoms. The molecular formula is C25H25N7O4. The normalized spacial score (nSPS) is 15.6. The number of ether oxygens (including phenoxy) is 2. The van der Waals surface area contributed by atoms with E-state index in [1.807, 2.05) is 6.07 Å². The van der Waals surface area contributed by atoms with E-state index >= 15 is 0 Å². The third kappa shape index (κ3) is 4.43. The van der Waals surface area contributed by atoms with Gasteiger partial charge in [0.25, 0.3) is 5.91 Å². The van der Waals surface area contributed by atoms with Gasteiger partial charge in [0.05, 0.1) is 25.9 Å². The molecule has 0 spiro atoms. The maximum absolute atomic E-state index is 12.7. The number of benzene rings is 1. The van der Waals surface area contributed by atoms with E-state index in [9.17, 15) is 9.59 Å². The molecule has 3 aromatic heterocycles. The van der Waals surface area contributed by atoms with Crippen LogP contribution in [0.25, 0.3) is 16.6 Å². The summed E-state index contributed by atoms with van der Waals surface area (Å²) in [6, 6.07) is 12.1. The van der Waals surface area contributed by atoms with Gasteiger partial charge in [-0.3, -0.25) is 9.59 Å². The van der Waals surface area contributed by atoms with E-state index in [4.69, 9.17) is 20.3 Å². The first-order chi connectivity index (χ1) is 17.4. The number of carbonyl (C=O) groups excluding carboxylic acids is 2. The van der Waals surface area contributed by atoms with E-state index < -0.39 is 6.10 Å². The van der Waals surface area contributed by atoms with E-state index in [-0.39, 0.29) is 11.8 Å². The highest BCUT2D eigenvalue weighted by Gasteiger charge is 2.29. The van der Waals surface area contributed by atoms with Gasteiger partial charge in [0.15, 0.2) is 0 Å². The Bertz CT molecular complexity index is 1430. The summed E-state index contributed by atoms with van der Waals surface area (Å²) in [5.41, 5.74) is 8.69. The van der Waals surface area contributed by atoms with Crippen LogP contribution in [-0.4, -0.2) is 63.3 Å². The summed E-state index contributed by atoms with van der Waals surface area (Å²) < 4.78 is 12.8. The number of nitrogens with zero attached hydrogens (tertiary/aromatic N) is 5. The topological polar surface area (TPSA) is 137 Å². The van der Waals surface area contributed by atoms with Crippen molar-refractivity contribution in [2.24, 2.45) is 0 Å². The molecule has 4 aromatic rings. The van der Waals surface area contributed by atoms with E-state index in [2.05, 4.69) is 15.3 Å². The molecule has 0 saturated carbocycles. The molecule has 11 heteroatoms. The Morgan fingerprint density at radius 3 is 2.67 bits per heavy atom. The van der Waals surface area contributed by atoms with Crippen LogP contribution in [0.5, 0.6) is 5.75 Å². The summed E-state index contributed by atoms with van der Waals surface area (Å²) >= 11 is 0. The summed E-state index contributed by atoms with van der Waals surface area (Å²) in [4.78, 5) is 34.8. The molecule has 3 N–H and O–H groups in total. The second-order valence-corrected chi connectivity index (χ2v) is 8.30. The number of pyridine rings is 2. The van der Waals surface area contributed by atoms with Gasteiger partial charge in [0.2, 0.25) is 5.91 Å². The van der Waals surface area contributed by atoms with Crippen molar-refractivity contribution in [3.63, 3.8) is 0 Å². The average Bonchev–Trinajstić information content (AvgIpc) is 3.30. The molecule has 1 fully saturated rings. The van der Waals surface area contributed by atoms with Gasteiger partial charge in [-0.1, -0.05) is 0 Å². The van der Waals surface area contributed by atoms with E-state index in [1.54, 1.807) is 72.4 Å². The van der Waals surface area contributed by atoms with Crippen molar-refractivity contribution in [2.75, 3.05) is 37.9 Å². The Kier molecular flexibility index (Phi) is 6.21. The second-order valence-electron chi connectivity index (χ2n) is 8.30. The lowest BCUT2D eigenvalue weighted by atomic mass is 10.1. The van der Waals surface area contributed by atoms with Crippen LogP contribution in [0.3, 0.4) is 0 Å². The van der Waals surface area contributed by atoms with Gasteiger partial charge < -0.3 is 25.4 Å². The van der Waals surface area contributed by atoms with Crippen molar-refractivity contribution in [3.8, 4) is 11.4 Å². The van der Waals surface area contributed by atoms with Gasteiger partial charge in [0.1, 0.15) is 34.7 Å². The Morgan fingerprint density at radius 2 is 1.92 bits per heavy atom. The fourth-order valence-electron chi connectivity index (χ4n) is 4.19. The molecule has 36 heavy (non-hydrogen) atoms. The van der Waals surface area contributed by atoms with Gasteiger partial charge in [0, 0.05) is 42.9 Å². The minimum absolute atomic E-state index is 0.00812. The highest BCUT2D eigenvalue weighted by molar-refractivity contribution is 6.04. The third-order valence-corrected chi connectivity index (χ3v) is 6.05. The number of carbonyl (C=O) groups is 2. The molecule has 2 amide bonds. The van der Waals surface area contributed by atoms with Crippen LogP contribution in [0.1, 0.15) is 29.1 Å². The number of methoxy groups -OCH3 is 1. The summed E-state index contributed by atoms with van der Waals surface area (Å²) in [7, 11) is 1.55. The van der Waals surface area contributed by atoms with Crippen LogP contribution in [0.2, 0.25) is 0 Å². The first kappa shape index (κ1) is 23.2. The molecule has 11 nitrogen and oxygen atoms in total. The van der Waals surface area contributed by atoms with Crippen molar-refractivity contribution in [2.45, 2.75) is 13.0 Å². The number of hydrogen-bond donors (Lipinski definition) is 2. The molecule has 184 valence electrons. The zero-order valence-corrected chi connectivity index (χ0v) is 19.8. The predicted octanol–water partition coefficient (Wildman–Crippen LogP) is 2.58. The number of hydrogen-bond acceptors (Lipinski definition) is 8. The maximum atomic E-state index is 12.7. The average molecular weight is 488 g/mol. The number of nitrogen functional groups attached to an aromatic ring is 1. The van der Waals surface area contributed by atoms with Crippen molar-refractivity contribution in [3.05, 3.63) is 66.1 Å². The second kappa shape index (κ2) is 9.62. The number of anilines is 2. The number of nitrogens with one attached hydrogen (secondary N) is 1. The lowest BCUT2D eigenvalue weighted by Crippen LogP contribution is -2.41. The largest absolute Gasteiger partial charge is 0.497 e. The Labute approximate surface area is 206 Å². The summed E-state index contributed by atoms with van der Waals surface area (Å²) in [6.45, 7) is 2.91. The van der Waals surface area contributed by atoms with Crippen molar-refractivity contribution in [1.82, 2.24) is 24.6 Å². The smallest absolute Gasteiger partial charge is 0.256 e. The first-order valence-electron chi connectivity index (χ1n) is 11.4. The minimum Gasteiger partial charge on any atom is -0.497 e. The fourth-order valence-corrected chi connectivity index (χ4v) is 4.19. The number of nitrogens with two attached hydrogens (primary N) is 1. The Hall–Kier alpha value is -4.51. The van der Waals surface area contributed by atoms with Gasteiger partial charge in [-0.25, -0.2) is 14.6 Å². The number of morpholine rings is 1. The van der Waals surface area contributed by atoms with Crippen LogP contribution in [0.15, 0.2) is 54.9 Å². The zero-order valence-electron chi connectivity index (χ0n) is 19.8. The quantitative estimate of drug-likeness (QED) is 0.438. The summed E-state index contributed by atoms with van der Waals surface area (Å²) in [5.74, 6) is 0.978. The molecule has 1 aliphatic heterocycles. The van der Waals surface area contributed by atoms with E-state index in [1.165, 1.54) is 0 Å². The highest BCUT2D eigenvalue weighted by atomic mass is 16.5. The Morgan fingerprint density at radius 1 is 1.14 bits per heavy atom. The molecule has 4 heterocycles.